The minimum Gasteiger partial charge on any atom is -0.273 e. The van der Waals surface area contributed by atoms with Gasteiger partial charge in [-0.2, -0.15) is 5.10 Å². The molecule has 3 aliphatic rings. The van der Waals surface area contributed by atoms with Gasteiger partial charge in [0.1, 0.15) is 0 Å². The molecular formula is C10H14N2O3S. The molecule has 1 aliphatic carbocycles. The molecule has 0 bridgehead atoms. The van der Waals surface area contributed by atoms with Gasteiger partial charge in [-0.1, -0.05) is 0 Å². The van der Waals surface area contributed by atoms with Gasteiger partial charge in [0.2, 0.25) is 5.91 Å². The van der Waals surface area contributed by atoms with E-state index < -0.39 is 9.84 Å². The normalized spacial score (nSPS) is 33.2. The first-order chi connectivity index (χ1) is 7.55. The summed E-state index contributed by atoms with van der Waals surface area (Å²) in [5.41, 5.74) is 0.967. The summed E-state index contributed by atoms with van der Waals surface area (Å²) in [6.07, 6.45) is 3.20. The van der Waals surface area contributed by atoms with Crippen molar-refractivity contribution in [2.24, 2.45) is 11.0 Å². The van der Waals surface area contributed by atoms with Crippen LogP contribution in [0.5, 0.6) is 0 Å². The maximum Gasteiger partial charge on any atom is 0.248 e. The van der Waals surface area contributed by atoms with E-state index >= 15 is 0 Å². The number of hydrogen-bond donors (Lipinski definition) is 0. The van der Waals surface area contributed by atoms with Gasteiger partial charge in [0.05, 0.1) is 29.7 Å². The predicted octanol–water partition coefficient (Wildman–Crippen LogP) is 0.172. The zero-order valence-corrected chi connectivity index (χ0v) is 9.74. The molecule has 0 aromatic heterocycles. The molecule has 0 N–H and O–H groups in total. The van der Waals surface area contributed by atoms with Crippen molar-refractivity contribution >= 4 is 21.5 Å². The second kappa shape index (κ2) is 3.29. The van der Waals surface area contributed by atoms with E-state index in [-0.39, 0.29) is 23.5 Å². The van der Waals surface area contributed by atoms with Gasteiger partial charge in [0.25, 0.3) is 0 Å². The molecule has 0 aromatic rings. The van der Waals surface area contributed by atoms with E-state index in [4.69, 9.17) is 0 Å². The van der Waals surface area contributed by atoms with Gasteiger partial charge in [0.15, 0.2) is 9.84 Å². The first kappa shape index (κ1) is 10.3. The molecular weight excluding hydrogens is 228 g/mol. The van der Waals surface area contributed by atoms with Crippen LogP contribution in [0.3, 0.4) is 0 Å². The SMILES string of the molecule is O=C1CC(C2CC2)=NN1C1CCS(=O)(=O)C1. The maximum atomic E-state index is 11.7. The van der Waals surface area contributed by atoms with Crippen LogP contribution < -0.4 is 0 Å². The summed E-state index contributed by atoms with van der Waals surface area (Å²) in [7, 11) is -2.94. The molecule has 2 aliphatic heterocycles. The van der Waals surface area contributed by atoms with E-state index in [1.54, 1.807) is 0 Å². The third-order valence-corrected chi connectivity index (χ3v) is 5.18. The highest BCUT2D eigenvalue weighted by Gasteiger charge is 2.41. The van der Waals surface area contributed by atoms with Crippen LogP contribution in [-0.2, 0) is 14.6 Å². The molecule has 88 valence electrons. The van der Waals surface area contributed by atoms with Crippen molar-refractivity contribution in [3.05, 3.63) is 0 Å². The van der Waals surface area contributed by atoms with Crippen molar-refractivity contribution in [2.45, 2.75) is 31.7 Å². The van der Waals surface area contributed by atoms with Crippen LogP contribution in [0.2, 0.25) is 0 Å². The van der Waals surface area contributed by atoms with E-state index in [9.17, 15) is 13.2 Å². The van der Waals surface area contributed by atoms with E-state index in [0.717, 1.165) is 18.6 Å². The fraction of sp³-hybridized carbons (Fsp3) is 0.800. The highest BCUT2D eigenvalue weighted by Crippen LogP contribution is 2.35. The summed E-state index contributed by atoms with van der Waals surface area (Å²) < 4.78 is 22.7. The molecule has 2 heterocycles. The molecule has 1 atom stereocenters. The number of hydrazone groups is 1. The Labute approximate surface area is 94.4 Å². The van der Waals surface area contributed by atoms with Crippen molar-refractivity contribution in [3.63, 3.8) is 0 Å². The van der Waals surface area contributed by atoms with Crippen LogP contribution in [0, 0.1) is 5.92 Å². The number of nitrogens with zero attached hydrogens (tertiary/aromatic N) is 2. The van der Waals surface area contributed by atoms with Gasteiger partial charge in [-0.05, 0) is 25.2 Å². The van der Waals surface area contributed by atoms with Crippen molar-refractivity contribution < 1.29 is 13.2 Å². The molecule has 1 saturated carbocycles. The van der Waals surface area contributed by atoms with E-state index in [1.165, 1.54) is 5.01 Å². The molecule has 5 nitrogen and oxygen atoms in total. The Morgan fingerprint density at radius 3 is 2.56 bits per heavy atom. The van der Waals surface area contributed by atoms with Gasteiger partial charge in [-0.3, -0.25) is 4.79 Å². The third-order valence-electron chi connectivity index (χ3n) is 3.43. The minimum absolute atomic E-state index is 0.0241. The molecule has 6 heteroatoms. The Bertz CT molecular complexity index is 464. The van der Waals surface area contributed by atoms with Crippen LogP contribution in [0.25, 0.3) is 0 Å². The van der Waals surface area contributed by atoms with Gasteiger partial charge < -0.3 is 0 Å². The van der Waals surface area contributed by atoms with Crippen LogP contribution in [0.15, 0.2) is 5.10 Å². The lowest BCUT2D eigenvalue weighted by Gasteiger charge is -2.17. The summed E-state index contributed by atoms with van der Waals surface area (Å²) in [6.45, 7) is 0. The average Bonchev–Trinajstić information content (AvgIpc) is 2.89. The van der Waals surface area contributed by atoms with Crippen molar-refractivity contribution in [3.8, 4) is 0 Å². The number of carbonyl (C=O) groups excluding carboxylic acids is 1. The van der Waals surface area contributed by atoms with E-state index in [0.29, 0.717) is 18.8 Å². The summed E-state index contributed by atoms with van der Waals surface area (Å²) in [4.78, 5) is 11.7. The molecule has 16 heavy (non-hydrogen) atoms. The number of sulfone groups is 1. The van der Waals surface area contributed by atoms with Crippen molar-refractivity contribution in [1.29, 1.82) is 0 Å². The first-order valence-corrected chi connectivity index (χ1v) is 7.47. The standard InChI is InChI=1S/C10H14N2O3S/c13-10-5-9(7-1-2-7)11-12(10)8-3-4-16(14,15)6-8/h7-8H,1-6H2. The third kappa shape index (κ3) is 1.75. The predicted molar refractivity (Wildman–Crippen MR) is 58.7 cm³/mol. The monoisotopic (exact) mass is 242 g/mol. The van der Waals surface area contributed by atoms with Crippen LogP contribution in [0.4, 0.5) is 0 Å². The molecule has 1 saturated heterocycles. The van der Waals surface area contributed by atoms with Gasteiger partial charge in [-0.15, -0.1) is 0 Å². The maximum absolute atomic E-state index is 11.7. The van der Waals surface area contributed by atoms with Gasteiger partial charge >= 0.3 is 0 Å². The van der Waals surface area contributed by atoms with E-state index in [1.807, 2.05) is 0 Å². The molecule has 0 spiro atoms. The number of hydrogen-bond acceptors (Lipinski definition) is 4. The fourth-order valence-corrected chi connectivity index (χ4v) is 4.05. The van der Waals surface area contributed by atoms with Gasteiger partial charge in [-0.25, -0.2) is 13.4 Å². The average molecular weight is 242 g/mol. The van der Waals surface area contributed by atoms with E-state index in [2.05, 4.69) is 5.10 Å². The molecule has 3 rings (SSSR count). The molecule has 0 radical (unpaired) electrons. The largest absolute Gasteiger partial charge is 0.273 e. The smallest absolute Gasteiger partial charge is 0.248 e. The lowest BCUT2D eigenvalue weighted by molar-refractivity contribution is -0.130. The Morgan fingerprint density at radius 2 is 2.00 bits per heavy atom. The fourth-order valence-electron chi connectivity index (χ4n) is 2.36. The highest BCUT2D eigenvalue weighted by atomic mass is 32.2. The summed E-state index contributed by atoms with van der Waals surface area (Å²) in [6, 6.07) is -0.214. The zero-order chi connectivity index (χ0) is 11.3. The molecule has 0 aromatic carbocycles. The summed E-state index contributed by atoms with van der Waals surface area (Å²) >= 11 is 0. The topological polar surface area (TPSA) is 66.8 Å². The summed E-state index contributed by atoms with van der Waals surface area (Å²) in [5.74, 6) is 0.742. The molecule has 1 amide bonds. The second-order valence-electron chi connectivity index (χ2n) is 4.84. The Hall–Kier alpha value is -0.910. The quantitative estimate of drug-likeness (QED) is 0.693. The molecule has 2 fully saturated rings. The van der Waals surface area contributed by atoms with Crippen LogP contribution >= 0.6 is 0 Å². The summed E-state index contributed by atoms with van der Waals surface area (Å²) in [5, 5.41) is 5.74. The Kier molecular flexibility index (Phi) is 2.11. The lowest BCUT2D eigenvalue weighted by Crippen LogP contribution is -2.33. The number of carbonyl (C=O) groups is 1. The van der Waals surface area contributed by atoms with Gasteiger partial charge in [0, 0.05) is 0 Å². The first-order valence-electron chi connectivity index (χ1n) is 5.65. The molecule has 1 unspecified atom stereocenters. The van der Waals surface area contributed by atoms with Crippen LogP contribution in [0.1, 0.15) is 25.7 Å². The second-order valence-corrected chi connectivity index (χ2v) is 7.07. The van der Waals surface area contributed by atoms with Crippen molar-refractivity contribution in [2.75, 3.05) is 11.5 Å². The minimum atomic E-state index is -2.94. The Balaban J connectivity index is 1.77. The zero-order valence-electron chi connectivity index (χ0n) is 8.92. The van der Waals surface area contributed by atoms with Crippen molar-refractivity contribution in [1.82, 2.24) is 5.01 Å². The lowest BCUT2D eigenvalue weighted by atomic mass is 10.2. The highest BCUT2D eigenvalue weighted by molar-refractivity contribution is 7.91. The van der Waals surface area contributed by atoms with Crippen LogP contribution in [-0.4, -0.2) is 42.6 Å². The number of rotatable bonds is 2. The number of amides is 1. The Morgan fingerprint density at radius 1 is 1.25 bits per heavy atom.